The lowest BCUT2D eigenvalue weighted by Crippen LogP contribution is -2.64. The van der Waals surface area contributed by atoms with Crippen molar-refractivity contribution in [1.29, 1.82) is 0 Å². The first-order chi connectivity index (χ1) is 14.8. The van der Waals surface area contributed by atoms with Crippen LogP contribution in [-0.4, -0.2) is 63.9 Å². The number of nitrogens with zero attached hydrogens (tertiary/aromatic N) is 2. The van der Waals surface area contributed by atoms with Gasteiger partial charge in [-0.3, -0.25) is 19.8 Å². The first-order valence-electron chi connectivity index (χ1n) is 10.6. The molecule has 0 aromatic heterocycles. The monoisotopic (exact) mass is 428 g/mol. The highest BCUT2D eigenvalue weighted by atomic mass is 16.6. The lowest BCUT2D eigenvalue weighted by molar-refractivity contribution is -0.397. The summed E-state index contributed by atoms with van der Waals surface area (Å²) >= 11 is 0. The second kappa shape index (κ2) is 6.10. The van der Waals surface area contributed by atoms with Gasteiger partial charge in [-0.25, -0.2) is 0 Å². The molecule has 0 amide bonds. The van der Waals surface area contributed by atoms with Crippen LogP contribution in [0.25, 0.3) is 0 Å². The van der Waals surface area contributed by atoms with Crippen LogP contribution in [0.4, 0.5) is 11.4 Å². The molecule has 10 nitrogen and oxygen atoms in total. The maximum Gasteiger partial charge on any atom is 0.305 e. The fourth-order valence-electron chi connectivity index (χ4n) is 7.25. The summed E-state index contributed by atoms with van der Waals surface area (Å²) in [6.07, 6.45) is 2.89. The van der Waals surface area contributed by atoms with E-state index >= 15 is 0 Å². The molecule has 2 bridgehead atoms. The fraction of sp³-hybridized carbons (Fsp3) is 0.571. The van der Waals surface area contributed by atoms with Crippen molar-refractivity contribution >= 4 is 17.3 Å². The van der Waals surface area contributed by atoms with Crippen molar-refractivity contribution in [2.24, 2.45) is 11.8 Å². The van der Waals surface area contributed by atoms with Crippen LogP contribution >= 0.6 is 0 Å². The Hall–Kier alpha value is -2.85. The van der Waals surface area contributed by atoms with E-state index < -0.39 is 39.6 Å². The van der Waals surface area contributed by atoms with Crippen LogP contribution in [0.15, 0.2) is 17.7 Å². The molecule has 5 aliphatic rings. The average molecular weight is 428 g/mol. The van der Waals surface area contributed by atoms with E-state index in [0.29, 0.717) is 18.6 Å². The van der Waals surface area contributed by atoms with E-state index in [2.05, 4.69) is 16.3 Å². The number of phenolic OH excluding ortho intramolecular Hbond substituents is 1. The zero-order chi connectivity index (χ0) is 21.7. The Morgan fingerprint density at radius 2 is 2.26 bits per heavy atom. The summed E-state index contributed by atoms with van der Waals surface area (Å²) in [5.41, 5.74) is 0.854. The number of aromatic hydroxyl groups is 1. The lowest BCUT2D eigenvalue weighted by Gasteiger charge is -2.55. The minimum atomic E-state index is -0.996. The van der Waals surface area contributed by atoms with Gasteiger partial charge in [0, 0.05) is 35.7 Å². The predicted octanol–water partition coefficient (Wildman–Crippen LogP) is 0.930. The minimum absolute atomic E-state index is 0.102. The number of ether oxygens (including phenoxy) is 1. The first kappa shape index (κ1) is 18.9. The smallest absolute Gasteiger partial charge is 0.305 e. The number of benzene rings is 1. The number of aliphatic carboxylic acids is 1. The standard InChI is InChI=1S/C21H23N3O7/c25-12-6-11-17(18(19(12)28)24(29)30)22-20-16-10-5-14-21(11,20)2-3-23(14)8-9(10)1-4-31-13(16)7-15(26)27/h1,6,10,13-14,16,20,22,25,28H,2-5,7-8H2,(H,26,27)/p-1. The SMILES string of the molecule is O=C(O)CC1OCC=C2CN3CCC45c6cc(O)c([O-])c([N+](=O)[O-])c6NC4C1C2CC35. The summed E-state index contributed by atoms with van der Waals surface area (Å²) in [5.74, 6) is -2.65. The van der Waals surface area contributed by atoms with Gasteiger partial charge in [0.1, 0.15) is 11.4 Å². The third-order valence-electron chi connectivity index (χ3n) is 8.27. The second-order valence-electron chi connectivity index (χ2n) is 9.32. The molecule has 6 rings (SSSR count). The van der Waals surface area contributed by atoms with Crippen molar-refractivity contribution in [1.82, 2.24) is 4.90 Å². The molecule has 1 aliphatic carbocycles. The Morgan fingerprint density at radius 3 is 3.00 bits per heavy atom. The molecular formula is C21H22N3O7-. The van der Waals surface area contributed by atoms with Gasteiger partial charge in [0.15, 0.2) is 0 Å². The molecule has 1 spiro atoms. The van der Waals surface area contributed by atoms with Gasteiger partial charge in [0.05, 0.1) is 24.1 Å². The topological polar surface area (TPSA) is 148 Å². The average Bonchev–Trinajstić information content (AvgIpc) is 3.18. The van der Waals surface area contributed by atoms with Crippen LogP contribution in [0.2, 0.25) is 0 Å². The molecule has 4 heterocycles. The van der Waals surface area contributed by atoms with Crippen molar-refractivity contribution in [2.75, 3.05) is 25.0 Å². The normalized spacial score (nSPS) is 37.3. The number of carboxylic acid groups (broad SMARTS) is 1. The third-order valence-corrected chi connectivity index (χ3v) is 8.27. The Bertz CT molecular complexity index is 1060. The van der Waals surface area contributed by atoms with Crippen LogP contribution < -0.4 is 10.4 Å². The summed E-state index contributed by atoms with van der Waals surface area (Å²) in [6, 6.07) is 1.18. The van der Waals surface area contributed by atoms with Gasteiger partial charge < -0.3 is 25.4 Å². The van der Waals surface area contributed by atoms with E-state index in [1.165, 1.54) is 11.6 Å². The summed E-state index contributed by atoms with van der Waals surface area (Å²) < 4.78 is 6.01. The molecule has 2 saturated heterocycles. The zero-order valence-corrected chi connectivity index (χ0v) is 16.6. The van der Waals surface area contributed by atoms with Gasteiger partial charge in [-0.15, -0.1) is 0 Å². The van der Waals surface area contributed by atoms with E-state index in [4.69, 9.17) is 4.74 Å². The van der Waals surface area contributed by atoms with Crippen molar-refractivity contribution in [2.45, 2.75) is 42.9 Å². The predicted molar refractivity (Wildman–Crippen MR) is 105 cm³/mol. The largest absolute Gasteiger partial charge is 0.865 e. The summed E-state index contributed by atoms with van der Waals surface area (Å²) in [6.45, 7) is 1.92. The number of nitro groups is 1. The van der Waals surface area contributed by atoms with Crippen LogP contribution in [0, 0.1) is 22.0 Å². The Morgan fingerprint density at radius 1 is 1.45 bits per heavy atom. The number of phenols is 1. The molecule has 3 N–H and O–H groups in total. The second-order valence-corrected chi connectivity index (χ2v) is 9.32. The van der Waals surface area contributed by atoms with Crippen LogP contribution in [0.1, 0.15) is 24.8 Å². The van der Waals surface area contributed by atoms with Crippen LogP contribution in [0.3, 0.4) is 0 Å². The van der Waals surface area contributed by atoms with Gasteiger partial charge >= 0.3 is 5.97 Å². The van der Waals surface area contributed by atoms with Gasteiger partial charge in [0.25, 0.3) is 5.69 Å². The number of piperidine rings is 1. The molecular weight excluding hydrogens is 406 g/mol. The number of hydrogen-bond acceptors (Lipinski definition) is 8. The molecule has 1 aromatic rings. The molecule has 1 saturated carbocycles. The Balaban J connectivity index is 1.58. The summed E-state index contributed by atoms with van der Waals surface area (Å²) in [5, 5.41) is 47.3. The molecule has 10 heteroatoms. The quantitative estimate of drug-likeness (QED) is 0.277. The van der Waals surface area contributed by atoms with Crippen molar-refractivity contribution < 1.29 is 29.8 Å². The first-order valence-corrected chi connectivity index (χ1v) is 10.6. The summed E-state index contributed by atoms with van der Waals surface area (Å²) in [7, 11) is 0. The third kappa shape index (κ3) is 2.26. The highest BCUT2D eigenvalue weighted by Crippen LogP contribution is 2.65. The molecule has 1 aromatic carbocycles. The van der Waals surface area contributed by atoms with Crippen LogP contribution in [-0.2, 0) is 14.9 Å². The number of fused-ring (bicyclic) bond motifs is 2. The number of carbonyl (C=O) groups is 1. The van der Waals surface area contributed by atoms with Crippen molar-refractivity contribution in [3.05, 3.63) is 33.4 Å². The zero-order valence-electron chi connectivity index (χ0n) is 16.6. The Labute approximate surface area is 177 Å². The molecule has 31 heavy (non-hydrogen) atoms. The van der Waals surface area contributed by atoms with Crippen molar-refractivity contribution in [3.63, 3.8) is 0 Å². The number of carboxylic acids is 1. The van der Waals surface area contributed by atoms with E-state index in [9.17, 15) is 30.2 Å². The maximum absolute atomic E-state index is 12.4. The number of rotatable bonds is 3. The summed E-state index contributed by atoms with van der Waals surface area (Å²) in [4.78, 5) is 25.1. The molecule has 164 valence electrons. The number of nitro benzene ring substituents is 1. The molecule has 0 radical (unpaired) electrons. The van der Waals surface area contributed by atoms with E-state index in [0.717, 1.165) is 19.5 Å². The molecule has 3 fully saturated rings. The molecule has 6 unspecified atom stereocenters. The van der Waals surface area contributed by atoms with Gasteiger partial charge in [-0.1, -0.05) is 11.6 Å². The van der Waals surface area contributed by atoms with Gasteiger partial charge in [-0.2, -0.15) is 0 Å². The molecule has 6 atom stereocenters. The van der Waals surface area contributed by atoms with Crippen LogP contribution in [0.5, 0.6) is 11.5 Å². The van der Waals surface area contributed by atoms with E-state index in [1.54, 1.807) is 0 Å². The van der Waals surface area contributed by atoms with E-state index in [1.807, 2.05) is 0 Å². The fourth-order valence-corrected chi connectivity index (χ4v) is 7.25. The molecule has 4 aliphatic heterocycles. The van der Waals surface area contributed by atoms with E-state index in [-0.39, 0.29) is 36.0 Å². The lowest BCUT2D eigenvalue weighted by atomic mass is 9.54. The van der Waals surface area contributed by atoms with Gasteiger partial charge in [0.2, 0.25) is 0 Å². The van der Waals surface area contributed by atoms with Gasteiger partial charge in [-0.05, 0) is 36.9 Å². The Kier molecular flexibility index (Phi) is 3.72. The van der Waals surface area contributed by atoms with Crippen molar-refractivity contribution in [3.8, 4) is 11.5 Å². The number of anilines is 1. The minimum Gasteiger partial charge on any atom is -0.865 e. The maximum atomic E-state index is 12.4. The number of nitrogens with one attached hydrogen (secondary N) is 1. The highest BCUT2D eigenvalue weighted by Gasteiger charge is 2.67. The number of hydrogen-bond donors (Lipinski definition) is 3. The highest BCUT2D eigenvalue weighted by molar-refractivity contribution is 5.81.